The predicted molar refractivity (Wildman–Crippen MR) is 140 cm³/mol. The number of ether oxygens (including phenoxy) is 6. The molecule has 2 heterocycles. The molecule has 10 heteroatoms. The van der Waals surface area contributed by atoms with Crippen molar-refractivity contribution in [1.82, 2.24) is 0 Å². The van der Waals surface area contributed by atoms with Crippen LogP contribution in [0.15, 0.2) is 11.6 Å². The largest absolute Gasteiger partial charge is 0.459 e. The molecule has 0 aromatic rings. The Labute approximate surface area is 235 Å². The highest BCUT2D eigenvalue weighted by Crippen LogP contribution is 2.69. The van der Waals surface area contributed by atoms with Crippen LogP contribution in [0.25, 0.3) is 0 Å². The van der Waals surface area contributed by atoms with Gasteiger partial charge in [-0.3, -0.25) is 14.4 Å². The number of hydrogen-bond acceptors (Lipinski definition) is 10. The first-order valence-electron chi connectivity index (χ1n) is 14.2. The van der Waals surface area contributed by atoms with Gasteiger partial charge in [-0.2, -0.15) is 0 Å². The van der Waals surface area contributed by atoms with Crippen molar-refractivity contribution in [3.63, 3.8) is 0 Å². The Morgan fingerprint density at radius 2 is 1.52 bits per heavy atom. The minimum absolute atomic E-state index is 0.183. The number of rotatable bonds is 5. The highest BCUT2D eigenvalue weighted by atomic mass is 16.7. The molecule has 2 saturated carbocycles. The van der Waals surface area contributed by atoms with E-state index in [-0.39, 0.29) is 29.6 Å². The van der Waals surface area contributed by atoms with Gasteiger partial charge in [0.25, 0.3) is 0 Å². The SMILES string of the molecule is COC1[C@H](OC(C)=O)/C(C)=C/[C@@]23O[C@@]2(C[C@H](C)[C@@H]3OC(C)=O)C(=O)[C@H](C)[C@H](OC(=O)C2(C)OC2C)[C@@H]2[C@H]1C2(C)C. The lowest BCUT2D eigenvalue weighted by Crippen LogP contribution is -2.44. The van der Waals surface area contributed by atoms with Crippen molar-refractivity contribution in [3.05, 3.63) is 11.6 Å². The van der Waals surface area contributed by atoms with Crippen LogP contribution in [0.5, 0.6) is 0 Å². The summed E-state index contributed by atoms with van der Waals surface area (Å²) in [5.41, 5.74) is -3.34. The number of esters is 3. The summed E-state index contributed by atoms with van der Waals surface area (Å²) in [6, 6.07) is 0. The van der Waals surface area contributed by atoms with Crippen LogP contribution in [0, 0.1) is 29.1 Å². The van der Waals surface area contributed by atoms with Gasteiger partial charge in [-0.15, -0.1) is 0 Å². The molecule has 0 aromatic heterocycles. The normalized spacial score (nSPS) is 49.6. The Balaban J connectivity index is 1.64. The lowest BCUT2D eigenvalue weighted by atomic mass is 9.80. The molecule has 0 radical (unpaired) electrons. The van der Waals surface area contributed by atoms with Gasteiger partial charge in [-0.05, 0) is 50.2 Å². The van der Waals surface area contributed by atoms with Gasteiger partial charge >= 0.3 is 17.9 Å². The summed E-state index contributed by atoms with van der Waals surface area (Å²) in [5, 5.41) is 0. The number of methoxy groups -OCH3 is 1. The van der Waals surface area contributed by atoms with E-state index in [1.165, 1.54) is 13.8 Å². The Morgan fingerprint density at radius 1 is 0.950 bits per heavy atom. The third-order valence-corrected chi connectivity index (χ3v) is 10.3. The second-order valence-electron chi connectivity index (χ2n) is 13.3. The smallest absolute Gasteiger partial charge is 0.341 e. The summed E-state index contributed by atoms with van der Waals surface area (Å²) < 4.78 is 35.7. The number of epoxide rings is 2. The van der Waals surface area contributed by atoms with E-state index >= 15 is 0 Å². The molecular weight excluding hydrogens is 520 g/mol. The fourth-order valence-corrected chi connectivity index (χ4v) is 7.93. The molecule has 12 atom stereocenters. The van der Waals surface area contributed by atoms with Crippen LogP contribution < -0.4 is 0 Å². The van der Waals surface area contributed by atoms with Crippen molar-refractivity contribution in [2.24, 2.45) is 29.1 Å². The van der Waals surface area contributed by atoms with E-state index in [1.54, 1.807) is 34.0 Å². The highest BCUT2D eigenvalue weighted by molar-refractivity contribution is 5.96. The molecule has 2 saturated heterocycles. The molecule has 10 nitrogen and oxygen atoms in total. The molecule has 222 valence electrons. The Bertz CT molecular complexity index is 1170. The number of ketones is 1. The van der Waals surface area contributed by atoms with E-state index in [4.69, 9.17) is 28.4 Å². The van der Waals surface area contributed by atoms with Crippen molar-refractivity contribution < 1.29 is 47.6 Å². The first kappa shape index (κ1) is 29.2. The molecule has 2 aliphatic heterocycles. The predicted octanol–water partition coefficient (Wildman–Crippen LogP) is 2.94. The molecule has 3 aliphatic carbocycles. The quantitative estimate of drug-likeness (QED) is 0.213. The topological polar surface area (TPSA) is 130 Å². The van der Waals surface area contributed by atoms with Crippen molar-refractivity contribution in [2.45, 2.75) is 116 Å². The van der Waals surface area contributed by atoms with Gasteiger partial charge in [0, 0.05) is 32.8 Å². The van der Waals surface area contributed by atoms with Crippen molar-refractivity contribution in [1.29, 1.82) is 0 Å². The average molecular weight is 563 g/mol. The van der Waals surface area contributed by atoms with Gasteiger partial charge in [0.15, 0.2) is 22.6 Å². The Morgan fingerprint density at radius 3 is 2.05 bits per heavy atom. The monoisotopic (exact) mass is 562 g/mol. The lowest BCUT2D eigenvalue weighted by Gasteiger charge is -2.30. The highest BCUT2D eigenvalue weighted by Gasteiger charge is 2.84. The van der Waals surface area contributed by atoms with E-state index in [0.29, 0.717) is 12.0 Å². The summed E-state index contributed by atoms with van der Waals surface area (Å²) in [7, 11) is 1.56. The first-order chi connectivity index (χ1) is 18.5. The molecule has 0 bridgehead atoms. The van der Waals surface area contributed by atoms with Crippen LogP contribution in [-0.4, -0.2) is 78.1 Å². The fraction of sp³-hybridized carbons (Fsp3) is 0.800. The van der Waals surface area contributed by atoms with E-state index < -0.39 is 70.5 Å². The summed E-state index contributed by atoms with van der Waals surface area (Å²) >= 11 is 0. The van der Waals surface area contributed by atoms with Crippen LogP contribution in [0.2, 0.25) is 0 Å². The van der Waals surface area contributed by atoms with Gasteiger partial charge in [0.1, 0.15) is 24.4 Å². The molecule has 0 N–H and O–H groups in total. The van der Waals surface area contributed by atoms with Crippen LogP contribution >= 0.6 is 0 Å². The fourth-order valence-electron chi connectivity index (χ4n) is 7.93. The van der Waals surface area contributed by atoms with E-state index in [1.807, 2.05) is 27.7 Å². The maximum absolute atomic E-state index is 14.5. The number of carbonyl (C=O) groups excluding carboxylic acids is 4. The number of fused-ring (bicyclic) bond motifs is 1. The van der Waals surface area contributed by atoms with Crippen LogP contribution in [0.3, 0.4) is 0 Å². The molecule has 5 rings (SSSR count). The lowest BCUT2D eigenvalue weighted by molar-refractivity contribution is -0.162. The van der Waals surface area contributed by atoms with Gasteiger partial charge in [-0.25, -0.2) is 4.79 Å². The van der Waals surface area contributed by atoms with E-state index in [9.17, 15) is 19.2 Å². The molecule has 5 aliphatic rings. The molecule has 0 amide bonds. The van der Waals surface area contributed by atoms with Gasteiger partial charge in [-0.1, -0.05) is 27.7 Å². The Hall–Kier alpha value is -2.30. The third kappa shape index (κ3) is 4.00. The van der Waals surface area contributed by atoms with Gasteiger partial charge < -0.3 is 28.4 Å². The van der Waals surface area contributed by atoms with E-state index in [2.05, 4.69) is 0 Å². The van der Waals surface area contributed by atoms with E-state index in [0.717, 1.165) is 0 Å². The molecule has 3 unspecified atom stereocenters. The van der Waals surface area contributed by atoms with Gasteiger partial charge in [0.2, 0.25) is 0 Å². The first-order valence-corrected chi connectivity index (χ1v) is 14.2. The maximum Gasteiger partial charge on any atom is 0.341 e. The molecule has 0 spiro atoms. The third-order valence-electron chi connectivity index (χ3n) is 10.3. The number of carbonyl (C=O) groups is 4. The van der Waals surface area contributed by atoms with Crippen LogP contribution in [0.1, 0.15) is 68.7 Å². The summed E-state index contributed by atoms with van der Waals surface area (Å²) in [6.07, 6.45) is -1.08. The van der Waals surface area contributed by atoms with Gasteiger partial charge in [0.05, 0.1) is 12.0 Å². The zero-order chi connectivity index (χ0) is 29.7. The number of Topliss-reactive ketones (excluding diaryl/α,β-unsaturated/α-hetero) is 1. The molecule has 4 fully saturated rings. The summed E-state index contributed by atoms with van der Waals surface area (Å²) in [6.45, 7) is 15.8. The minimum Gasteiger partial charge on any atom is -0.459 e. The second-order valence-corrected chi connectivity index (χ2v) is 13.3. The second kappa shape index (κ2) is 9.10. The molecular formula is C30H42O10. The minimum atomic E-state index is -1.27. The van der Waals surface area contributed by atoms with Crippen LogP contribution in [0.4, 0.5) is 0 Å². The zero-order valence-electron chi connectivity index (χ0n) is 25.1. The molecule has 40 heavy (non-hydrogen) atoms. The standard InChI is InChI=1S/C30H42O10/c1-13-11-30-25(37-18(6)32)14(2)12-29(30,40-30)24(33)15(3)22(38-26(34)28(9)16(4)39-28)19-20(27(19,7)8)23(35-10)21(13)36-17(5)31/h11,14-16,19-23,25H,12H2,1-10H3/b13-11+/t14-,15+,16?,19-,20+,21+,22-,23?,25-,28?,29-,30-/m0/s1. The summed E-state index contributed by atoms with van der Waals surface area (Å²) in [5.74, 6) is -3.07. The average Bonchev–Trinajstić information content (AvgIpc) is 3.76. The number of hydrogen-bond donors (Lipinski definition) is 0. The zero-order valence-corrected chi connectivity index (χ0v) is 25.1. The summed E-state index contributed by atoms with van der Waals surface area (Å²) in [4.78, 5) is 52.3. The van der Waals surface area contributed by atoms with Crippen molar-refractivity contribution in [2.75, 3.05) is 7.11 Å². The van der Waals surface area contributed by atoms with Crippen LogP contribution in [-0.2, 0) is 47.6 Å². The van der Waals surface area contributed by atoms with Crippen molar-refractivity contribution in [3.8, 4) is 0 Å². The van der Waals surface area contributed by atoms with Crippen molar-refractivity contribution >= 4 is 23.7 Å². The molecule has 0 aromatic carbocycles. The Kier molecular flexibility index (Phi) is 6.64. The maximum atomic E-state index is 14.5.